The van der Waals surface area contributed by atoms with Crippen molar-refractivity contribution in [2.24, 2.45) is 0 Å². The Labute approximate surface area is 184 Å². The summed E-state index contributed by atoms with van der Waals surface area (Å²) in [6.07, 6.45) is 20.8. The van der Waals surface area contributed by atoms with E-state index < -0.39 is 11.5 Å². The zero-order valence-corrected chi connectivity index (χ0v) is 19.0. The predicted molar refractivity (Wildman–Crippen MR) is 124 cm³/mol. The van der Waals surface area contributed by atoms with Gasteiger partial charge in [-0.3, -0.25) is 4.79 Å². The number of unbranched alkanes of at least 4 members (excludes halogenated alkanes) is 14. The minimum atomic E-state index is -0.528. The number of hydrogen-bond donors (Lipinski definition) is 2. The average molecular weight is 434 g/mol. The molecule has 2 aromatic heterocycles. The normalized spacial score (nSPS) is 11.3. The third-order valence-electron chi connectivity index (χ3n) is 5.63. The second-order valence-corrected chi connectivity index (χ2v) is 8.33. The zero-order chi connectivity index (χ0) is 22.3. The van der Waals surface area contributed by atoms with Crippen LogP contribution in [0.3, 0.4) is 0 Å². The lowest BCUT2D eigenvalue weighted by Gasteiger charge is -2.09. The van der Waals surface area contributed by atoms with Crippen LogP contribution in [0.25, 0.3) is 11.2 Å². The van der Waals surface area contributed by atoms with E-state index in [0.717, 1.165) is 24.0 Å². The van der Waals surface area contributed by atoms with Gasteiger partial charge in [0.1, 0.15) is 0 Å². The van der Waals surface area contributed by atoms with Crippen LogP contribution >= 0.6 is 0 Å². The van der Waals surface area contributed by atoms with Gasteiger partial charge in [0.2, 0.25) is 11.6 Å². The molecule has 0 aliphatic rings. The highest BCUT2D eigenvalue weighted by Gasteiger charge is 2.15. The molecule has 0 saturated heterocycles. The standard InChI is InChI=1S/C23H39N5O3/c1-2-3-4-5-6-7-8-9-10-11-12-13-14-15-16-17-19(29)31-28-21-20(25-18-26-21)22(30)27-23(28)24/h18H,2-17H2,1H3,(H,25,26)(H2,24,27,30). The molecule has 3 N–H and O–H groups in total. The smallest absolute Gasteiger partial charge is 0.333 e. The van der Waals surface area contributed by atoms with E-state index in [1.807, 2.05) is 0 Å². The first-order valence-electron chi connectivity index (χ1n) is 12.1. The van der Waals surface area contributed by atoms with E-state index in [2.05, 4.69) is 21.9 Å². The monoisotopic (exact) mass is 433 g/mol. The minimum absolute atomic E-state index is 0.161. The van der Waals surface area contributed by atoms with Crippen molar-refractivity contribution < 1.29 is 9.63 Å². The summed E-state index contributed by atoms with van der Waals surface area (Å²) < 4.78 is 1.01. The van der Waals surface area contributed by atoms with Crippen LogP contribution in [0.5, 0.6) is 0 Å². The van der Waals surface area contributed by atoms with E-state index in [1.165, 1.54) is 83.4 Å². The lowest BCUT2D eigenvalue weighted by atomic mass is 10.0. The number of aromatic nitrogens is 4. The fourth-order valence-corrected chi connectivity index (χ4v) is 3.79. The van der Waals surface area contributed by atoms with E-state index in [0.29, 0.717) is 6.42 Å². The summed E-state index contributed by atoms with van der Waals surface area (Å²) in [5.74, 6) is -0.592. The van der Waals surface area contributed by atoms with Gasteiger partial charge in [0.15, 0.2) is 5.52 Å². The fraction of sp³-hybridized carbons (Fsp3) is 0.739. The highest BCUT2D eigenvalue weighted by molar-refractivity contribution is 5.74. The van der Waals surface area contributed by atoms with Gasteiger partial charge in [-0.05, 0) is 6.42 Å². The Kier molecular flexibility index (Phi) is 11.7. The van der Waals surface area contributed by atoms with Crippen LogP contribution in [-0.2, 0) is 4.79 Å². The second kappa shape index (κ2) is 14.6. The molecule has 0 unspecified atom stereocenters. The van der Waals surface area contributed by atoms with E-state index in [4.69, 9.17) is 10.6 Å². The molecule has 0 atom stereocenters. The van der Waals surface area contributed by atoms with Crippen LogP contribution < -0.4 is 16.1 Å². The largest absolute Gasteiger partial charge is 0.367 e. The first-order chi connectivity index (χ1) is 15.1. The van der Waals surface area contributed by atoms with Gasteiger partial charge in [-0.25, -0.2) is 9.78 Å². The first kappa shape index (κ1) is 24.9. The van der Waals surface area contributed by atoms with Crippen LogP contribution in [0.4, 0.5) is 5.95 Å². The maximum Gasteiger partial charge on any atom is 0.333 e. The van der Waals surface area contributed by atoms with E-state index in [9.17, 15) is 9.59 Å². The van der Waals surface area contributed by atoms with E-state index in [1.54, 1.807) is 0 Å². The molecule has 0 aliphatic carbocycles. The van der Waals surface area contributed by atoms with E-state index >= 15 is 0 Å². The minimum Gasteiger partial charge on any atom is -0.367 e. The van der Waals surface area contributed by atoms with Crippen molar-refractivity contribution >= 4 is 23.1 Å². The summed E-state index contributed by atoms with van der Waals surface area (Å²) in [6.45, 7) is 2.26. The van der Waals surface area contributed by atoms with Gasteiger partial charge in [0, 0.05) is 6.42 Å². The average Bonchev–Trinajstić information content (AvgIpc) is 3.24. The number of nitrogen functional groups attached to an aromatic ring is 1. The number of nitrogens with two attached hydrogens (primary N) is 1. The van der Waals surface area contributed by atoms with Gasteiger partial charge in [-0.2, -0.15) is 4.98 Å². The number of imidazole rings is 1. The maximum absolute atomic E-state index is 12.1. The Morgan fingerprint density at radius 3 is 2.00 bits per heavy atom. The molecule has 2 aromatic rings. The van der Waals surface area contributed by atoms with Gasteiger partial charge >= 0.3 is 11.5 Å². The highest BCUT2D eigenvalue weighted by Crippen LogP contribution is 2.14. The Bertz CT molecular complexity index is 830. The Morgan fingerprint density at radius 1 is 0.935 bits per heavy atom. The number of nitrogens with zero attached hydrogens (tertiary/aromatic N) is 3. The summed E-state index contributed by atoms with van der Waals surface area (Å²) in [4.78, 5) is 39.4. The summed E-state index contributed by atoms with van der Waals surface area (Å²) in [5, 5.41) is 0. The number of carbonyl (C=O) groups is 1. The topological polar surface area (TPSA) is 116 Å². The predicted octanol–water partition coefficient (Wildman–Crippen LogP) is 4.92. The Morgan fingerprint density at radius 2 is 1.45 bits per heavy atom. The number of carbonyl (C=O) groups excluding carboxylic acids is 1. The summed E-state index contributed by atoms with van der Waals surface area (Å²) in [6, 6.07) is 0. The molecule has 2 rings (SSSR count). The van der Waals surface area contributed by atoms with Crippen molar-refractivity contribution in [1.82, 2.24) is 19.7 Å². The van der Waals surface area contributed by atoms with Crippen LogP contribution in [-0.4, -0.2) is 25.7 Å². The quantitative estimate of drug-likeness (QED) is 0.342. The molecular weight excluding hydrogens is 394 g/mol. The lowest BCUT2D eigenvalue weighted by Crippen LogP contribution is -2.26. The number of H-pyrrole nitrogens is 1. The molecule has 0 radical (unpaired) electrons. The van der Waals surface area contributed by atoms with Gasteiger partial charge < -0.3 is 15.6 Å². The van der Waals surface area contributed by atoms with Crippen molar-refractivity contribution in [3.05, 3.63) is 16.7 Å². The molecule has 0 bridgehead atoms. The van der Waals surface area contributed by atoms with E-state index in [-0.39, 0.29) is 17.1 Å². The molecule has 0 spiro atoms. The molecule has 0 saturated carbocycles. The number of hydrogen-bond acceptors (Lipinski definition) is 6. The third-order valence-corrected chi connectivity index (χ3v) is 5.63. The number of fused-ring (bicyclic) bond motifs is 1. The summed E-state index contributed by atoms with van der Waals surface area (Å²) in [7, 11) is 0. The zero-order valence-electron chi connectivity index (χ0n) is 19.0. The van der Waals surface area contributed by atoms with Gasteiger partial charge in [0.25, 0.3) is 0 Å². The molecule has 8 heteroatoms. The maximum atomic E-state index is 12.1. The molecule has 0 fully saturated rings. The summed E-state index contributed by atoms with van der Waals surface area (Å²) in [5.41, 5.74) is 5.50. The van der Waals surface area contributed by atoms with Crippen molar-refractivity contribution in [2.75, 3.05) is 5.73 Å². The Balaban J connectivity index is 1.47. The van der Waals surface area contributed by atoms with Crippen molar-refractivity contribution in [3.63, 3.8) is 0 Å². The van der Waals surface area contributed by atoms with Crippen LogP contribution in [0.2, 0.25) is 0 Å². The molecule has 8 nitrogen and oxygen atoms in total. The van der Waals surface area contributed by atoms with Crippen LogP contribution in [0.1, 0.15) is 110 Å². The SMILES string of the molecule is CCCCCCCCCCCCCCCCCC(=O)On1c(N)nc(=O)c2[nH]cnc21. The Hall–Kier alpha value is -2.38. The lowest BCUT2D eigenvalue weighted by molar-refractivity contribution is -0.143. The third kappa shape index (κ3) is 9.11. The molecular formula is C23H39N5O3. The second-order valence-electron chi connectivity index (χ2n) is 8.33. The molecule has 31 heavy (non-hydrogen) atoms. The molecule has 0 amide bonds. The molecule has 2 heterocycles. The number of anilines is 1. The van der Waals surface area contributed by atoms with Gasteiger partial charge in [0.05, 0.1) is 6.33 Å². The van der Waals surface area contributed by atoms with Crippen molar-refractivity contribution in [2.45, 2.75) is 110 Å². The first-order valence-corrected chi connectivity index (χ1v) is 12.1. The number of aromatic amines is 1. The van der Waals surface area contributed by atoms with Crippen LogP contribution in [0.15, 0.2) is 11.1 Å². The summed E-state index contributed by atoms with van der Waals surface area (Å²) >= 11 is 0. The molecule has 174 valence electrons. The van der Waals surface area contributed by atoms with Gasteiger partial charge in [-0.1, -0.05) is 96.8 Å². The van der Waals surface area contributed by atoms with Crippen molar-refractivity contribution in [3.8, 4) is 0 Å². The molecule has 0 aromatic carbocycles. The highest BCUT2D eigenvalue weighted by atomic mass is 16.7. The number of nitrogens with one attached hydrogen (secondary N) is 1. The fourth-order valence-electron chi connectivity index (χ4n) is 3.79. The number of rotatable bonds is 17. The van der Waals surface area contributed by atoms with Crippen LogP contribution in [0, 0.1) is 0 Å². The van der Waals surface area contributed by atoms with Gasteiger partial charge in [-0.15, -0.1) is 4.73 Å². The van der Waals surface area contributed by atoms with Crippen molar-refractivity contribution in [1.29, 1.82) is 0 Å². The molecule has 0 aliphatic heterocycles.